The summed E-state index contributed by atoms with van der Waals surface area (Å²) >= 11 is 0. The van der Waals surface area contributed by atoms with Crippen LogP contribution in [0.3, 0.4) is 0 Å². The predicted octanol–water partition coefficient (Wildman–Crippen LogP) is 4.25. The number of halogens is 3. The van der Waals surface area contributed by atoms with Crippen molar-refractivity contribution in [3.63, 3.8) is 0 Å². The summed E-state index contributed by atoms with van der Waals surface area (Å²) in [5, 5.41) is 16.7. The molecule has 4 fully saturated rings. The fourth-order valence-corrected chi connectivity index (χ4v) is 9.91. The van der Waals surface area contributed by atoms with Crippen molar-refractivity contribution < 1.29 is 37.1 Å². The minimum Gasteiger partial charge on any atom is -0.370 e. The van der Waals surface area contributed by atoms with E-state index in [2.05, 4.69) is 20.4 Å². The van der Waals surface area contributed by atoms with Gasteiger partial charge in [0, 0.05) is 55.4 Å². The number of nitrogens with one attached hydrogen (secondary N) is 2. The molecule has 5 heterocycles. The smallest absolute Gasteiger partial charge is 0.370 e. The average Bonchev–Trinajstić information content (AvgIpc) is 3.68. The number of hydrogen-bond acceptors (Lipinski definition) is 10. The third-order valence-electron chi connectivity index (χ3n) is 12.9. The summed E-state index contributed by atoms with van der Waals surface area (Å²) in [6.45, 7) is 4.73. The number of imide groups is 2. The Hall–Kier alpha value is -5.27. The van der Waals surface area contributed by atoms with E-state index in [1.54, 1.807) is 60.6 Å². The van der Waals surface area contributed by atoms with E-state index in [-0.39, 0.29) is 42.0 Å². The molecule has 2 N–H and O–H groups in total. The highest BCUT2D eigenvalue weighted by Gasteiger charge is 2.52. The lowest BCUT2D eigenvalue weighted by molar-refractivity contribution is -0.136. The molecule has 2 aromatic rings. The quantitative estimate of drug-likeness (QED) is 0.226. The van der Waals surface area contributed by atoms with Crippen molar-refractivity contribution >= 4 is 35.2 Å². The Bertz CT molecular complexity index is 2030. The molecular formula is C41H45F3N8O5. The standard InChI is InChI=1S/C41H45F3N8O5/c1-25(36(54)46-24-45)20-50-21-32(41(42,43)44)35(26-5-3-2-4-6-26)52(50)28-13-17-48(18-14-28)27-11-15-40(16-12-27)22-49(23-40)29-7-8-30-31(19-29)39(57)51(38(30)56)33-9-10-34(53)47-37(33)55/h2-8,19,21,25,27-28,33,35H,9-18,20,22-23H2,1H3,(H,46,54)(H,47,53,55). The molecule has 3 saturated heterocycles. The number of hydrazine groups is 1. The first-order valence-electron chi connectivity index (χ1n) is 19.7. The van der Waals surface area contributed by atoms with Crippen molar-refractivity contribution in [1.82, 2.24) is 30.5 Å². The molecule has 3 unspecified atom stereocenters. The minimum atomic E-state index is -4.59. The first-order valence-corrected chi connectivity index (χ1v) is 19.7. The normalized spacial score (nSPS) is 25.2. The number of nitrogens with zero attached hydrogens (tertiary/aromatic N) is 6. The molecule has 8 rings (SSSR count). The number of hydrogen-bond donors (Lipinski definition) is 2. The van der Waals surface area contributed by atoms with Crippen LogP contribution in [-0.4, -0.2) is 106 Å². The third kappa shape index (κ3) is 7.16. The maximum Gasteiger partial charge on any atom is 0.416 e. The van der Waals surface area contributed by atoms with Crippen LogP contribution in [0.15, 0.2) is 60.3 Å². The summed E-state index contributed by atoms with van der Waals surface area (Å²) in [5.41, 5.74) is 1.37. The molecule has 57 heavy (non-hydrogen) atoms. The molecule has 1 aliphatic carbocycles. The van der Waals surface area contributed by atoms with Gasteiger partial charge in [-0.25, -0.2) is 5.01 Å². The lowest BCUT2D eigenvalue weighted by Crippen LogP contribution is -2.59. The summed E-state index contributed by atoms with van der Waals surface area (Å²) in [6.07, 6.45) is 3.72. The van der Waals surface area contributed by atoms with Gasteiger partial charge in [-0.2, -0.15) is 18.4 Å². The highest BCUT2D eigenvalue weighted by atomic mass is 19.4. The summed E-state index contributed by atoms with van der Waals surface area (Å²) in [4.78, 5) is 68.8. The maximum atomic E-state index is 14.6. The molecule has 5 aliphatic heterocycles. The fraction of sp³-hybridized carbons (Fsp3) is 0.512. The second-order valence-electron chi connectivity index (χ2n) is 16.4. The summed E-state index contributed by atoms with van der Waals surface area (Å²) < 4.78 is 43.9. The summed E-state index contributed by atoms with van der Waals surface area (Å²) in [7, 11) is 0. The van der Waals surface area contributed by atoms with Crippen LogP contribution in [0.2, 0.25) is 0 Å². The van der Waals surface area contributed by atoms with Gasteiger partial charge in [-0.15, -0.1) is 0 Å². The fourth-order valence-electron chi connectivity index (χ4n) is 9.91. The Labute approximate surface area is 328 Å². The number of nitriles is 1. The van der Waals surface area contributed by atoms with Crippen LogP contribution in [0.4, 0.5) is 18.9 Å². The number of likely N-dealkylation sites (tertiary alicyclic amines) is 1. The predicted molar refractivity (Wildman–Crippen MR) is 199 cm³/mol. The zero-order valence-corrected chi connectivity index (χ0v) is 31.6. The van der Waals surface area contributed by atoms with Crippen molar-refractivity contribution in [1.29, 1.82) is 5.26 Å². The van der Waals surface area contributed by atoms with E-state index < -0.39 is 59.3 Å². The number of carbonyl (C=O) groups is 5. The van der Waals surface area contributed by atoms with E-state index >= 15 is 0 Å². The largest absolute Gasteiger partial charge is 0.416 e. The van der Waals surface area contributed by atoms with Crippen LogP contribution >= 0.6 is 0 Å². The van der Waals surface area contributed by atoms with Crippen LogP contribution in [0, 0.1) is 22.8 Å². The van der Waals surface area contributed by atoms with Gasteiger partial charge in [0.1, 0.15) is 6.04 Å². The van der Waals surface area contributed by atoms with E-state index in [4.69, 9.17) is 5.26 Å². The van der Waals surface area contributed by atoms with Gasteiger partial charge in [0.15, 0.2) is 6.19 Å². The molecule has 5 amide bonds. The first-order chi connectivity index (χ1) is 27.3. The van der Waals surface area contributed by atoms with Gasteiger partial charge in [0.05, 0.1) is 28.7 Å². The molecule has 0 aromatic heterocycles. The van der Waals surface area contributed by atoms with Crippen molar-refractivity contribution in [2.45, 2.75) is 88.6 Å². The number of amides is 5. The van der Waals surface area contributed by atoms with Crippen molar-refractivity contribution in [3.05, 3.63) is 77.0 Å². The topological polar surface area (TPSA) is 149 Å². The Balaban J connectivity index is 0.884. The lowest BCUT2D eigenvalue weighted by atomic mass is 9.67. The van der Waals surface area contributed by atoms with Crippen LogP contribution in [0.5, 0.6) is 0 Å². The Kier molecular flexibility index (Phi) is 10.1. The van der Waals surface area contributed by atoms with Gasteiger partial charge in [-0.3, -0.25) is 39.5 Å². The van der Waals surface area contributed by atoms with E-state index in [0.717, 1.165) is 68.6 Å². The lowest BCUT2D eigenvalue weighted by Gasteiger charge is -2.56. The Morgan fingerprint density at radius 2 is 1.63 bits per heavy atom. The summed E-state index contributed by atoms with van der Waals surface area (Å²) in [5.74, 6) is -3.37. The van der Waals surface area contributed by atoms with Gasteiger partial charge >= 0.3 is 6.18 Å². The van der Waals surface area contributed by atoms with Crippen molar-refractivity contribution in [2.24, 2.45) is 11.3 Å². The van der Waals surface area contributed by atoms with Crippen LogP contribution in [-0.2, 0) is 14.4 Å². The molecule has 3 atom stereocenters. The Morgan fingerprint density at radius 1 is 0.947 bits per heavy atom. The highest BCUT2D eigenvalue weighted by molar-refractivity contribution is 6.23. The Morgan fingerprint density at radius 3 is 2.28 bits per heavy atom. The van der Waals surface area contributed by atoms with E-state index in [1.165, 1.54) is 0 Å². The van der Waals surface area contributed by atoms with Crippen molar-refractivity contribution in [2.75, 3.05) is 37.6 Å². The van der Waals surface area contributed by atoms with Crippen LogP contribution in [0.1, 0.15) is 90.6 Å². The third-order valence-corrected chi connectivity index (χ3v) is 12.9. The van der Waals surface area contributed by atoms with Gasteiger partial charge in [0.2, 0.25) is 17.7 Å². The van der Waals surface area contributed by atoms with Crippen molar-refractivity contribution in [3.8, 4) is 6.19 Å². The maximum absolute atomic E-state index is 14.6. The molecule has 0 bridgehead atoms. The van der Waals surface area contributed by atoms with E-state index in [1.807, 2.05) is 11.1 Å². The number of piperidine rings is 2. The van der Waals surface area contributed by atoms with Gasteiger partial charge in [-0.05, 0) is 81.8 Å². The molecule has 0 radical (unpaired) electrons. The zero-order valence-electron chi connectivity index (χ0n) is 31.6. The summed E-state index contributed by atoms with van der Waals surface area (Å²) in [6, 6.07) is 12.0. The first kappa shape index (κ1) is 38.6. The zero-order chi connectivity index (χ0) is 40.2. The molecule has 2 aromatic carbocycles. The number of benzene rings is 2. The number of rotatable bonds is 8. The van der Waals surface area contributed by atoms with Gasteiger partial charge in [0.25, 0.3) is 11.8 Å². The molecular weight excluding hydrogens is 741 g/mol. The van der Waals surface area contributed by atoms with E-state index in [9.17, 15) is 37.1 Å². The number of carbonyl (C=O) groups excluding carboxylic acids is 5. The molecule has 13 nitrogen and oxygen atoms in total. The molecule has 1 saturated carbocycles. The SMILES string of the molecule is CC(CN1C=C(C(F)(F)F)C(c2ccccc2)N1C1CCN(C2CCC3(CC2)CN(c2ccc4c(c2)C(=O)N(C2CCC(=O)NC2=O)C4=O)C3)CC1)C(=O)NC#N. The second-order valence-corrected chi connectivity index (χ2v) is 16.4. The van der Waals surface area contributed by atoms with Crippen LogP contribution < -0.4 is 15.5 Å². The van der Waals surface area contributed by atoms with Crippen LogP contribution in [0.25, 0.3) is 0 Å². The van der Waals surface area contributed by atoms with E-state index in [0.29, 0.717) is 24.4 Å². The number of anilines is 1. The monoisotopic (exact) mass is 786 g/mol. The molecule has 1 spiro atoms. The number of fused-ring (bicyclic) bond motifs is 1. The molecule has 16 heteroatoms. The number of alkyl halides is 3. The molecule has 6 aliphatic rings. The second kappa shape index (κ2) is 14.9. The van der Waals surface area contributed by atoms with Gasteiger partial charge in [-0.1, -0.05) is 37.3 Å². The molecule has 300 valence electrons. The van der Waals surface area contributed by atoms with Gasteiger partial charge < -0.3 is 14.8 Å². The average molecular weight is 787 g/mol. The minimum absolute atomic E-state index is 0.000932. The highest BCUT2D eigenvalue weighted by Crippen LogP contribution is 2.49.